The Morgan fingerprint density at radius 3 is 2.45 bits per heavy atom. The Bertz CT molecular complexity index is 599. The van der Waals surface area contributed by atoms with Crippen LogP contribution < -0.4 is 10.1 Å². The molecule has 2 aromatic rings. The van der Waals surface area contributed by atoms with Crippen LogP contribution in [0, 0.1) is 5.82 Å². The summed E-state index contributed by atoms with van der Waals surface area (Å²) in [5, 5.41) is 3.10. The molecule has 2 atom stereocenters. The van der Waals surface area contributed by atoms with Crippen LogP contribution in [0.15, 0.2) is 48.5 Å². The minimum absolute atomic E-state index is 0.0511. The predicted molar refractivity (Wildman–Crippen MR) is 90.1 cm³/mol. The number of para-hydroxylation sites is 2. The summed E-state index contributed by atoms with van der Waals surface area (Å²) in [7, 11) is 0. The third kappa shape index (κ3) is 4.23. The molecule has 2 nitrogen and oxygen atoms in total. The van der Waals surface area contributed by atoms with Gasteiger partial charge in [0.2, 0.25) is 0 Å². The maximum absolute atomic E-state index is 13.6. The molecule has 0 amide bonds. The van der Waals surface area contributed by atoms with E-state index in [-0.39, 0.29) is 11.9 Å². The highest BCUT2D eigenvalue weighted by Crippen LogP contribution is 2.29. The number of benzene rings is 2. The van der Waals surface area contributed by atoms with Gasteiger partial charge in [0.05, 0.1) is 12.2 Å². The molecule has 0 aliphatic rings. The van der Waals surface area contributed by atoms with Gasteiger partial charge in [-0.15, -0.1) is 0 Å². The summed E-state index contributed by atoms with van der Waals surface area (Å²) >= 11 is 0. The van der Waals surface area contributed by atoms with Crippen LogP contribution in [0.3, 0.4) is 0 Å². The van der Waals surface area contributed by atoms with E-state index in [1.54, 1.807) is 12.1 Å². The summed E-state index contributed by atoms with van der Waals surface area (Å²) in [4.78, 5) is 0. The molecular weight excluding hydrogens is 277 g/mol. The van der Waals surface area contributed by atoms with Crippen LogP contribution >= 0.6 is 0 Å². The quantitative estimate of drug-likeness (QED) is 0.757. The van der Waals surface area contributed by atoms with E-state index in [9.17, 15) is 4.39 Å². The number of anilines is 1. The Kier molecular flexibility index (Phi) is 5.82. The van der Waals surface area contributed by atoms with E-state index in [1.165, 1.54) is 11.6 Å². The Hall–Kier alpha value is -2.03. The lowest BCUT2D eigenvalue weighted by molar-refractivity contribution is 0.231. The molecule has 2 rings (SSSR count). The lowest BCUT2D eigenvalue weighted by atomic mass is 9.98. The largest absolute Gasteiger partial charge is 0.489 e. The maximum atomic E-state index is 13.6. The molecule has 118 valence electrons. The third-order valence-corrected chi connectivity index (χ3v) is 3.84. The van der Waals surface area contributed by atoms with Gasteiger partial charge in [-0.1, -0.05) is 44.2 Å². The second-order valence-electron chi connectivity index (χ2n) is 5.64. The van der Waals surface area contributed by atoms with Crippen LogP contribution in [0.25, 0.3) is 0 Å². The number of rotatable bonds is 7. The predicted octanol–water partition coefficient (Wildman–Crippen LogP) is 5.22. The van der Waals surface area contributed by atoms with Gasteiger partial charge < -0.3 is 10.1 Å². The Balaban J connectivity index is 1.98. The van der Waals surface area contributed by atoms with E-state index in [1.807, 2.05) is 31.2 Å². The minimum Gasteiger partial charge on any atom is -0.489 e. The van der Waals surface area contributed by atoms with Crippen LogP contribution in [0.5, 0.6) is 5.75 Å². The second kappa shape index (κ2) is 7.83. The van der Waals surface area contributed by atoms with Crippen LogP contribution in [0.4, 0.5) is 10.1 Å². The first-order valence-electron chi connectivity index (χ1n) is 7.85. The fraction of sp³-hybridized carbons (Fsp3) is 0.368. The van der Waals surface area contributed by atoms with Crippen LogP contribution in [-0.2, 0) is 0 Å². The summed E-state index contributed by atoms with van der Waals surface area (Å²) in [6.07, 6.45) is 1.02. The zero-order valence-corrected chi connectivity index (χ0v) is 13.5. The fourth-order valence-corrected chi connectivity index (χ4v) is 2.33. The number of halogens is 1. The van der Waals surface area contributed by atoms with Crippen molar-refractivity contribution in [3.8, 4) is 5.75 Å². The molecule has 0 heterocycles. The van der Waals surface area contributed by atoms with Crippen molar-refractivity contribution in [2.45, 2.75) is 39.2 Å². The molecule has 0 aliphatic heterocycles. The first kappa shape index (κ1) is 16.3. The van der Waals surface area contributed by atoms with Gasteiger partial charge in [0.25, 0.3) is 0 Å². The molecule has 0 aromatic heterocycles. The SMILES string of the molecule is CCC(C)c1ccccc1OC(C)CNc1ccccc1F. The van der Waals surface area contributed by atoms with Gasteiger partial charge in [0.1, 0.15) is 17.7 Å². The van der Waals surface area contributed by atoms with Gasteiger partial charge in [-0.25, -0.2) is 4.39 Å². The number of ether oxygens (including phenoxy) is 1. The van der Waals surface area contributed by atoms with Crippen molar-refractivity contribution >= 4 is 5.69 Å². The molecule has 2 aromatic carbocycles. The zero-order valence-electron chi connectivity index (χ0n) is 13.5. The Morgan fingerprint density at radius 1 is 1.05 bits per heavy atom. The minimum atomic E-state index is -0.241. The van der Waals surface area contributed by atoms with Gasteiger partial charge >= 0.3 is 0 Å². The van der Waals surface area contributed by atoms with E-state index >= 15 is 0 Å². The Morgan fingerprint density at radius 2 is 1.73 bits per heavy atom. The summed E-state index contributed by atoms with van der Waals surface area (Å²) in [5.41, 5.74) is 1.73. The maximum Gasteiger partial charge on any atom is 0.146 e. The van der Waals surface area contributed by atoms with Crippen molar-refractivity contribution in [1.82, 2.24) is 0 Å². The standard InChI is InChI=1S/C19H24FNO/c1-4-14(2)16-9-5-8-12-19(16)22-15(3)13-21-18-11-7-6-10-17(18)20/h5-12,14-15,21H,4,13H2,1-3H3. The Labute approximate surface area is 132 Å². The monoisotopic (exact) mass is 301 g/mol. The molecular formula is C19H24FNO. The average molecular weight is 301 g/mol. The van der Waals surface area contributed by atoms with Gasteiger partial charge in [-0.3, -0.25) is 0 Å². The van der Waals surface area contributed by atoms with E-state index < -0.39 is 0 Å². The molecule has 22 heavy (non-hydrogen) atoms. The topological polar surface area (TPSA) is 21.3 Å². The van der Waals surface area contributed by atoms with Crippen LogP contribution in [0.2, 0.25) is 0 Å². The van der Waals surface area contributed by atoms with E-state index in [0.29, 0.717) is 18.2 Å². The van der Waals surface area contributed by atoms with Crippen molar-refractivity contribution in [3.05, 3.63) is 59.9 Å². The van der Waals surface area contributed by atoms with Crippen LogP contribution in [0.1, 0.15) is 38.7 Å². The first-order chi connectivity index (χ1) is 10.6. The lowest BCUT2D eigenvalue weighted by Crippen LogP contribution is -2.23. The molecule has 1 N–H and O–H groups in total. The molecule has 0 aliphatic carbocycles. The summed E-state index contributed by atoms with van der Waals surface area (Å²) < 4.78 is 19.6. The van der Waals surface area contributed by atoms with Crippen molar-refractivity contribution < 1.29 is 9.13 Å². The normalized spacial score (nSPS) is 13.5. The highest BCUT2D eigenvalue weighted by Gasteiger charge is 2.12. The number of hydrogen-bond donors (Lipinski definition) is 1. The van der Waals surface area contributed by atoms with Gasteiger partial charge in [-0.05, 0) is 43.0 Å². The summed E-state index contributed by atoms with van der Waals surface area (Å²) in [5.74, 6) is 1.14. The van der Waals surface area contributed by atoms with Crippen molar-refractivity contribution in [2.24, 2.45) is 0 Å². The number of hydrogen-bond acceptors (Lipinski definition) is 2. The van der Waals surface area contributed by atoms with Gasteiger partial charge in [-0.2, -0.15) is 0 Å². The molecule has 2 unspecified atom stereocenters. The zero-order chi connectivity index (χ0) is 15.9. The lowest BCUT2D eigenvalue weighted by Gasteiger charge is -2.20. The highest BCUT2D eigenvalue weighted by molar-refractivity contribution is 5.44. The molecule has 0 spiro atoms. The van der Waals surface area contributed by atoms with Gasteiger partial charge in [0.15, 0.2) is 0 Å². The number of nitrogens with one attached hydrogen (secondary N) is 1. The van der Waals surface area contributed by atoms with E-state index in [2.05, 4.69) is 25.2 Å². The third-order valence-electron chi connectivity index (χ3n) is 3.84. The summed E-state index contributed by atoms with van der Waals surface area (Å²) in [6, 6.07) is 14.8. The van der Waals surface area contributed by atoms with Crippen molar-refractivity contribution in [2.75, 3.05) is 11.9 Å². The molecule has 0 saturated heterocycles. The van der Waals surface area contributed by atoms with Crippen molar-refractivity contribution in [3.63, 3.8) is 0 Å². The highest BCUT2D eigenvalue weighted by atomic mass is 19.1. The van der Waals surface area contributed by atoms with Crippen LogP contribution in [-0.4, -0.2) is 12.6 Å². The molecule has 0 bridgehead atoms. The van der Waals surface area contributed by atoms with Gasteiger partial charge in [0, 0.05) is 0 Å². The molecule has 0 saturated carbocycles. The van der Waals surface area contributed by atoms with E-state index in [4.69, 9.17) is 4.74 Å². The fourth-order valence-electron chi connectivity index (χ4n) is 2.33. The summed E-state index contributed by atoms with van der Waals surface area (Å²) in [6.45, 7) is 6.91. The molecule has 0 fully saturated rings. The molecule has 3 heteroatoms. The first-order valence-corrected chi connectivity index (χ1v) is 7.85. The average Bonchev–Trinajstić information content (AvgIpc) is 2.54. The molecule has 0 radical (unpaired) electrons. The van der Waals surface area contributed by atoms with E-state index in [0.717, 1.165) is 12.2 Å². The van der Waals surface area contributed by atoms with Crippen molar-refractivity contribution in [1.29, 1.82) is 0 Å². The smallest absolute Gasteiger partial charge is 0.146 e. The second-order valence-corrected chi connectivity index (χ2v) is 5.64.